The van der Waals surface area contributed by atoms with Gasteiger partial charge >= 0.3 is 0 Å². The summed E-state index contributed by atoms with van der Waals surface area (Å²) >= 11 is 0. The monoisotopic (exact) mass is 242 g/mol. The van der Waals surface area contributed by atoms with Gasteiger partial charge in [0.25, 0.3) is 0 Å². The Morgan fingerprint density at radius 2 is 2.06 bits per heavy atom. The minimum Gasteiger partial charge on any atom is -0.493 e. The number of ether oxygens (including phenoxy) is 2. The first-order valence-electron chi connectivity index (χ1n) is 5.60. The highest BCUT2D eigenvalue weighted by Crippen LogP contribution is 2.40. The largest absolute Gasteiger partial charge is 0.493 e. The van der Waals surface area contributed by atoms with Gasteiger partial charge in [0.2, 0.25) is 5.82 Å². The molecule has 1 heterocycles. The van der Waals surface area contributed by atoms with Crippen molar-refractivity contribution in [2.45, 2.75) is 31.8 Å². The highest BCUT2D eigenvalue weighted by molar-refractivity contribution is 5.39. The Balaban J connectivity index is 2.37. The second kappa shape index (κ2) is 4.26. The molecule has 4 heteroatoms. The van der Waals surface area contributed by atoms with Crippen molar-refractivity contribution >= 4 is 0 Å². The van der Waals surface area contributed by atoms with E-state index in [0.717, 1.165) is 12.5 Å². The van der Waals surface area contributed by atoms with Gasteiger partial charge in [-0.15, -0.1) is 0 Å². The summed E-state index contributed by atoms with van der Waals surface area (Å²) in [6.07, 6.45) is 0.772. The lowest BCUT2D eigenvalue weighted by molar-refractivity contribution is 0.0360. The Bertz CT molecular complexity index is 430. The standard InChI is InChI=1S/C13H16F2O2/c1-13(2)6-8(7-17-13)9-4-5-10(14)11(15)12(9)16-3/h4-5,8H,6-7H2,1-3H3. The van der Waals surface area contributed by atoms with Crippen molar-refractivity contribution in [3.63, 3.8) is 0 Å². The first-order valence-corrected chi connectivity index (χ1v) is 5.60. The Morgan fingerprint density at radius 3 is 2.59 bits per heavy atom. The molecule has 1 aromatic carbocycles. The van der Waals surface area contributed by atoms with E-state index in [1.54, 1.807) is 6.07 Å². The summed E-state index contributed by atoms with van der Waals surface area (Å²) < 4.78 is 37.2. The van der Waals surface area contributed by atoms with Gasteiger partial charge in [0.1, 0.15) is 0 Å². The van der Waals surface area contributed by atoms with Crippen LogP contribution in [0.1, 0.15) is 31.7 Å². The van der Waals surface area contributed by atoms with E-state index in [4.69, 9.17) is 9.47 Å². The van der Waals surface area contributed by atoms with Crippen LogP contribution in [-0.2, 0) is 4.74 Å². The Labute approximate surface area is 99.5 Å². The van der Waals surface area contributed by atoms with Gasteiger partial charge in [-0.2, -0.15) is 4.39 Å². The predicted octanol–water partition coefficient (Wildman–Crippen LogP) is 3.26. The molecule has 17 heavy (non-hydrogen) atoms. The summed E-state index contributed by atoms with van der Waals surface area (Å²) in [6.45, 7) is 4.48. The van der Waals surface area contributed by atoms with Crippen LogP contribution in [0.15, 0.2) is 12.1 Å². The third-order valence-corrected chi connectivity index (χ3v) is 3.14. The average Bonchev–Trinajstić information content (AvgIpc) is 2.62. The molecular formula is C13H16F2O2. The molecular weight excluding hydrogens is 226 g/mol. The molecule has 1 aliphatic rings. The second-order valence-electron chi connectivity index (χ2n) is 4.96. The van der Waals surface area contributed by atoms with Gasteiger partial charge in [0.05, 0.1) is 19.3 Å². The summed E-state index contributed by atoms with van der Waals surface area (Å²) in [5.74, 6) is -1.76. The van der Waals surface area contributed by atoms with Crippen molar-refractivity contribution in [2.24, 2.45) is 0 Å². The molecule has 1 fully saturated rings. The summed E-state index contributed by atoms with van der Waals surface area (Å²) in [5, 5.41) is 0. The van der Waals surface area contributed by atoms with Crippen molar-refractivity contribution in [1.82, 2.24) is 0 Å². The van der Waals surface area contributed by atoms with Gasteiger partial charge < -0.3 is 9.47 Å². The van der Waals surface area contributed by atoms with Crippen LogP contribution in [0.3, 0.4) is 0 Å². The molecule has 1 aliphatic heterocycles. The van der Waals surface area contributed by atoms with Crippen molar-refractivity contribution in [1.29, 1.82) is 0 Å². The highest BCUT2D eigenvalue weighted by Gasteiger charge is 2.35. The molecule has 1 aromatic rings. The molecule has 0 saturated carbocycles. The molecule has 2 rings (SSSR count). The van der Waals surface area contributed by atoms with Crippen LogP contribution < -0.4 is 4.74 Å². The zero-order valence-electron chi connectivity index (χ0n) is 10.2. The van der Waals surface area contributed by atoms with E-state index in [1.807, 2.05) is 13.8 Å². The molecule has 0 amide bonds. The first kappa shape index (κ1) is 12.3. The Hall–Kier alpha value is -1.16. The number of halogens is 2. The van der Waals surface area contributed by atoms with E-state index < -0.39 is 11.6 Å². The maximum atomic E-state index is 13.6. The lowest BCUT2D eigenvalue weighted by Crippen LogP contribution is -2.16. The van der Waals surface area contributed by atoms with Crippen LogP contribution in [0.25, 0.3) is 0 Å². The molecule has 1 atom stereocenters. The van der Waals surface area contributed by atoms with E-state index in [0.29, 0.717) is 12.2 Å². The molecule has 0 aliphatic carbocycles. The fourth-order valence-corrected chi connectivity index (χ4v) is 2.31. The Morgan fingerprint density at radius 1 is 1.35 bits per heavy atom. The number of hydrogen-bond acceptors (Lipinski definition) is 2. The van der Waals surface area contributed by atoms with Gasteiger partial charge in [-0.25, -0.2) is 4.39 Å². The number of rotatable bonds is 2. The van der Waals surface area contributed by atoms with Crippen LogP contribution >= 0.6 is 0 Å². The van der Waals surface area contributed by atoms with Crippen LogP contribution in [-0.4, -0.2) is 19.3 Å². The third kappa shape index (κ3) is 2.27. The highest BCUT2D eigenvalue weighted by atomic mass is 19.2. The third-order valence-electron chi connectivity index (χ3n) is 3.14. The first-order chi connectivity index (χ1) is 7.94. The zero-order chi connectivity index (χ0) is 12.6. The minimum atomic E-state index is -0.922. The van der Waals surface area contributed by atoms with Crippen LogP contribution in [0.5, 0.6) is 5.75 Å². The van der Waals surface area contributed by atoms with Crippen molar-refractivity contribution in [3.8, 4) is 5.75 Å². The summed E-state index contributed by atoms with van der Waals surface area (Å²) in [5.41, 5.74) is 0.456. The predicted molar refractivity (Wildman–Crippen MR) is 60.3 cm³/mol. The number of benzene rings is 1. The maximum absolute atomic E-state index is 13.6. The van der Waals surface area contributed by atoms with Crippen LogP contribution in [0, 0.1) is 11.6 Å². The SMILES string of the molecule is COc1c(C2COC(C)(C)C2)ccc(F)c1F. The van der Waals surface area contributed by atoms with E-state index in [9.17, 15) is 8.78 Å². The molecule has 2 nitrogen and oxygen atoms in total. The van der Waals surface area contributed by atoms with E-state index in [2.05, 4.69) is 0 Å². The van der Waals surface area contributed by atoms with Gasteiger partial charge in [0.15, 0.2) is 11.6 Å². The molecule has 0 bridgehead atoms. The summed E-state index contributed by atoms with van der Waals surface area (Å²) in [4.78, 5) is 0. The van der Waals surface area contributed by atoms with Crippen molar-refractivity contribution in [3.05, 3.63) is 29.3 Å². The number of hydrogen-bond donors (Lipinski definition) is 0. The quantitative estimate of drug-likeness (QED) is 0.792. The van der Waals surface area contributed by atoms with Crippen molar-refractivity contribution < 1.29 is 18.3 Å². The van der Waals surface area contributed by atoms with Crippen LogP contribution in [0.4, 0.5) is 8.78 Å². The second-order valence-corrected chi connectivity index (χ2v) is 4.96. The molecule has 0 radical (unpaired) electrons. The minimum absolute atomic E-state index is 0.00343. The fourth-order valence-electron chi connectivity index (χ4n) is 2.31. The van der Waals surface area contributed by atoms with E-state index >= 15 is 0 Å². The van der Waals surface area contributed by atoms with Gasteiger partial charge in [-0.3, -0.25) is 0 Å². The van der Waals surface area contributed by atoms with Gasteiger partial charge in [-0.1, -0.05) is 6.07 Å². The topological polar surface area (TPSA) is 18.5 Å². The van der Waals surface area contributed by atoms with Gasteiger partial charge in [-0.05, 0) is 26.3 Å². The lowest BCUT2D eigenvalue weighted by Gasteiger charge is -2.17. The summed E-state index contributed by atoms with van der Waals surface area (Å²) in [7, 11) is 1.35. The van der Waals surface area contributed by atoms with Gasteiger partial charge in [0, 0.05) is 11.5 Å². The number of methoxy groups -OCH3 is 1. The molecule has 94 valence electrons. The lowest BCUT2D eigenvalue weighted by atomic mass is 9.91. The zero-order valence-corrected chi connectivity index (χ0v) is 10.2. The smallest absolute Gasteiger partial charge is 0.200 e. The molecule has 0 N–H and O–H groups in total. The van der Waals surface area contributed by atoms with Crippen molar-refractivity contribution in [2.75, 3.05) is 13.7 Å². The molecule has 0 aromatic heterocycles. The molecule has 1 unspecified atom stereocenters. The fraction of sp³-hybridized carbons (Fsp3) is 0.538. The molecule has 1 saturated heterocycles. The van der Waals surface area contributed by atoms with E-state index in [-0.39, 0.29) is 17.3 Å². The van der Waals surface area contributed by atoms with E-state index in [1.165, 1.54) is 7.11 Å². The normalized spacial score (nSPS) is 22.8. The average molecular weight is 242 g/mol. The maximum Gasteiger partial charge on any atom is 0.200 e. The van der Waals surface area contributed by atoms with Crippen LogP contribution in [0.2, 0.25) is 0 Å². The Kier molecular flexibility index (Phi) is 3.08. The summed E-state index contributed by atoms with van der Waals surface area (Å²) in [6, 6.07) is 2.71. The molecule has 0 spiro atoms.